The molecule has 5 nitrogen and oxygen atoms in total. The van der Waals surface area contributed by atoms with E-state index in [0.717, 1.165) is 6.42 Å². The number of primary amides is 1. The number of hydrogen-bond donors (Lipinski definition) is 2. The molecule has 4 rings (SSSR count). The molecule has 3 N–H and O–H groups in total. The van der Waals surface area contributed by atoms with Crippen LogP contribution in [0.25, 0.3) is 0 Å². The van der Waals surface area contributed by atoms with Crippen molar-refractivity contribution in [1.29, 1.82) is 0 Å². The minimum atomic E-state index is -1.48. The predicted molar refractivity (Wildman–Crippen MR) is 130 cm³/mol. The minimum Gasteiger partial charge on any atom is -0.468 e. The summed E-state index contributed by atoms with van der Waals surface area (Å²) in [6.07, 6.45) is -0.0747. The molecule has 0 bridgehead atoms. The molecule has 1 heterocycles. The van der Waals surface area contributed by atoms with E-state index >= 15 is 0 Å². The molecular formula is C28H32N2O3. The van der Waals surface area contributed by atoms with Gasteiger partial charge < -0.3 is 15.6 Å². The largest absolute Gasteiger partial charge is 0.468 e. The van der Waals surface area contributed by atoms with Crippen LogP contribution in [-0.2, 0) is 10.2 Å². The quantitative estimate of drug-likeness (QED) is 0.524. The first-order chi connectivity index (χ1) is 15.9. The van der Waals surface area contributed by atoms with Crippen LogP contribution in [0.15, 0.2) is 91.0 Å². The monoisotopic (exact) mass is 444 g/mol. The number of rotatable bonds is 9. The van der Waals surface area contributed by atoms with Crippen LogP contribution >= 0.6 is 0 Å². The fourth-order valence-electron chi connectivity index (χ4n) is 5.03. The fourth-order valence-corrected chi connectivity index (χ4v) is 5.03. The second-order valence-corrected chi connectivity index (χ2v) is 8.99. The molecule has 1 saturated heterocycles. The van der Waals surface area contributed by atoms with E-state index in [2.05, 4.69) is 4.90 Å². The Morgan fingerprint density at radius 1 is 0.879 bits per heavy atom. The van der Waals surface area contributed by atoms with E-state index in [4.69, 9.17) is 10.5 Å². The number of hydrogen-bond acceptors (Lipinski definition) is 4. The van der Waals surface area contributed by atoms with Crippen molar-refractivity contribution in [2.24, 2.45) is 11.7 Å². The molecule has 0 spiro atoms. The van der Waals surface area contributed by atoms with Crippen LogP contribution in [0.2, 0.25) is 0 Å². The number of aliphatic hydroxyl groups is 1. The molecule has 1 amide bonds. The molecule has 3 aromatic rings. The van der Waals surface area contributed by atoms with Crippen molar-refractivity contribution in [2.45, 2.75) is 37.5 Å². The van der Waals surface area contributed by atoms with Gasteiger partial charge in [0.05, 0.1) is 0 Å². The number of aliphatic hydroxyl groups excluding tert-OH is 1. The van der Waals surface area contributed by atoms with E-state index in [1.54, 1.807) is 0 Å². The van der Waals surface area contributed by atoms with Gasteiger partial charge in [-0.3, -0.25) is 9.69 Å². The average molecular weight is 445 g/mol. The standard InChI is InChI=1S/C28H32N2O3/c1-21(2)25(31)28(30-19-12-20-30,33-24-17-10-5-11-18-24)27(26(29)32,22-13-6-3-7-14-22)23-15-8-4-9-16-23/h3-11,13-18,21,25,31H,12,19-20H2,1-2H3,(H2,29,32). The van der Waals surface area contributed by atoms with E-state index in [1.807, 2.05) is 105 Å². The zero-order valence-corrected chi connectivity index (χ0v) is 19.2. The van der Waals surface area contributed by atoms with Gasteiger partial charge >= 0.3 is 0 Å². The summed E-state index contributed by atoms with van der Waals surface area (Å²) < 4.78 is 6.84. The third-order valence-electron chi connectivity index (χ3n) is 6.70. The van der Waals surface area contributed by atoms with Crippen molar-refractivity contribution in [1.82, 2.24) is 4.90 Å². The molecule has 5 heteroatoms. The number of benzene rings is 3. The van der Waals surface area contributed by atoms with Gasteiger partial charge in [-0.25, -0.2) is 0 Å². The average Bonchev–Trinajstić information content (AvgIpc) is 2.79. The highest BCUT2D eigenvalue weighted by Gasteiger charge is 2.67. The molecule has 0 saturated carbocycles. The van der Waals surface area contributed by atoms with Crippen molar-refractivity contribution < 1.29 is 14.6 Å². The fraction of sp³-hybridized carbons (Fsp3) is 0.321. The normalized spacial score (nSPS) is 17.1. The van der Waals surface area contributed by atoms with Crippen LogP contribution < -0.4 is 10.5 Å². The Kier molecular flexibility index (Phi) is 6.54. The lowest BCUT2D eigenvalue weighted by Crippen LogP contribution is -2.78. The highest BCUT2D eigenvalue weighted by molar-refractivity contribution is 5.93. The number of carbonyl (C=O) groups is 1. The van der Waals surface area contributed by atoms with Gasteiger partial charge in [0.15, 0.2) is 5.41 Å². The highest BCUT2D eigenvalue weighted by atomic mass is 16.5. The third kappa shape index (κ3) is 3.71. The summed E-state index contributed by atoms with van der Waals surface area (Å²) in [5, 5.41) is 12.0. The van der Waals surface area contributed by atoms with Gasteiger partial charge in [0.1, 0.15) is 11.9 Å². The van der Waals surface area contributed by atoms with Gasteiger partial charge in [-0.15, -0.1) is 0 Å². The van der Waals surface area contributed by atoms with Crippen LogP contribution in [0.5, 0.6) is 5.75 Å². The molecule has 1 aliphatic heterocycles. The lowest BCUT2D eigenvalue weighted by atomic mass is 9.61. The Morgan fingerprint density at radius 2 is 1.33 bits per heavy atom. The first-order valence-corrected chi connectivity index (χ1v) is 11.5. The molecule has 0 radical (unpaired) electrons. The van der Waals surface area contributed by atoms with Gasteiger partial charge in [-0.05, 0) is 35.6 Å². The first kappa shape index (κ1) is 23.0. The molecule has 0 aromatic heterocycles. The van der Waals surface area contributed by atoms with E-state index in [-0.39, 0.29) is 5.92 Å². The Hall–Kier alpha value is -3.15. The van der Waals surface area contributed by atoms with Gasteiger partial charge in [0.2, 0.25) is 11.6 Å². The van der Waals surface area contributed by atoms with Crippen molar-refractivity contribution >= 4 is 5.91 Å². The molecular weight excluding hydrogens is 412 g/mol. The van der Waals surface area contributed by atoms with Crippen LogP contribution in [-0.4, -0.2) is 40.8 Å². The minimum absolute atomic E-state index is 0.208. The van der Waals surface area contributed by atoms with Gasteiger partial charge in [0.25, 0.3) is 0 Å². The van der Waals surface area contributed by atoms with Crippen LogP contribution in [0, 0.1) is 5.92 Å². The van der Waals surface area contributed by atoms with Crippen molar-refractivity contribution in [2.75, 3.05) is 13.1 Å². The summed E-state index contributed by atoms with van der Waals surface area (Å²) in [6.45, 7) is 5.25. The molecule has 33 heavy (non-hydrogen) atoms. The van der Waals surface area contributed by atoms with Crippen LogP contribution in [0.4, 0.5) is 0 Å². The number of likely N-dealkylation sites (tertiary alicyclic amines) is 1. The third-order valence-corrected chi connectivity index (χ3v) is 6.70. The summed E-state index contributed by atoms with van der Waals surface area (Å²) >= 11 is 0. The zero-order chi connectivity index (χ0) is 23.5. The highest BCUT2D eigenvalue weighted by Crippen LogP contribution is 2.50. The van der Waals surface area contributed by atoms with Crippen molar-refractivity contribution in [3.63, 3.8) is 0 Å². The number of nitrogens with zero attached hydrogens (tertiary/aromatic N) is 1. The molecule has 2 atom stereocenters. The summed E-state index contributed by atoms with van der Waals surface area (Å²) in [5.41, 5.74) is 4.81. The molecule has 2 unspecified atom stereocenters. The summed E-state index contributed by atoms with van der Waals surface area (Å²) in [4.78, 5) is 15.9. The number of nitrogens with two attached hydrogens (primary N) is 1. The van der Waals surface area contributed by atoms with Crippen molar-refractivity contribution in [3.05, 3.63) is 102 Å². The van der Waals surface area contributed by atoms with E-state index < -0.39 is 23.2 Å². The van der Waals surface area contributed by atoms with Gasteiger partial charge in [-0.1, -0.05) is 92.7 Å². The van der Waals surface area contributed by atoms with Crippen molar-refractivity contribution in [3.8, 4) is 5.75 Å². The van der Waals surface area contributed by atoms with Crippen LogP contribution in [0.1, 0.15) is 31.4 Å². The smallest absolute Gasteiger partial charge is 0.238 e. The maximum Gasteiger partial charge on any atom is 0.238 e. The lowest BCUT2D eigenvalue weighted by molar-refractivity contribution is -0.224. The number of amides is 1. The summed E-state index contributed by atoms with van der Waals surface area (Å²) in [5.74, 6) is -0.204. The topological polar surface area (TPSA) is 75.8 Å². The van der Waals surface area contributed by atoms with E-state index in [9.17, 15) is 9.90 Å². The molecule has 0 aliphatic carbocycles. The van der Waals surface area contributed by atoms with E-state index in [1.165, 1.54) is 0 Å². The molecule has 172 valence electrons. The number of carbonyl (C=O) groups excluding carboxylic acids is 1. The Bertz CT molecular complexity index is 1010. The Morgan fingerprint density at radius 3 is 1.70 bits per heavy atom. The predicted octanol–water partition coefficient (Wildman–Crippen LogP) is 3.96. The molecule has 3 aromatic carbocycles. The molecule has 1 fully saturated rings. The Balaban J connectivity index is 2.12. The lowest BCUT2D eigenvalue weighted by Gasteiger charge is -2.59. The number of para-hydroxylation sites is 1. The first-order valence-electron chi connectivity index (χ1n) is 11.5. The summed E-state index contributed by atoms with van der Waals surface area (Å²) in [7, 11) is 0. The number of ether oxygens (including phenoxy) is 1. The second kappa shape index (κ2) is 9.38. The SMILES string of the molecule is CC(C)C(O)C(Oc1ccccc1)(N1CCC1)C(C(N)=O)(c1ccccc1)c1ccccc1. The summed E-state index contributed by atoms with van der Waals surface area (Å²) in [6, 6.07) is 28.3. The zero-order valence-electron chi connectivity index (χ0n) is 19.2. The molecule has 1 aliphatic rings. The van der Waals surface area contributed by atoms with Gasteiger partial charge in [0, 0.05) is 13.1 Å². The van der Waals surface area contributed by atoms with Gasteiger partial charge in [-0.2, -0.15) is 0 Å². The Labute approximate surface area is 195 Å². The maximum absolute atomic E-state index is 13.8. The maximum atomic E-state index is 13.8. The van der Waals surface area contributed by atoms with E-state index in [0.29, 0.717) is 30.0 Å². The van der Waals surface area contributed by atoms with Crippen LogP contribution in [0.3, 0.4) is 0 Å². The second-order valence-electron chi connectivity index (χ2n) is 8.99.